The second kappa shape index (κ2) is 11.0. The number of carbonyl (C=O) groups is 2. The van der Waals surface area contributed by atoms with Crippen LogP contribution in [0.25, 0.3) is 0 Å². The Bertz CT molecular complexity index is 801. The van der Waals surface area contributed by atoms with Crippen molar-refractivity contribution >= 4 is 23.4 Å². The highest BCUT2D eigenvalue weighted by Gasteiger charge is 2.34. The first-order valence-electron chi connectivity index (χ1n) is 10.5. The summed E-state index contributed by atoms with van der Waals surface area (Å²) in [7, 11) is 0. The fraction of sp³-hybridized carbons (Fsp3) is 0.417. The second-order valence-electron chi connectivity index (χ2n) is 7.44. The number of carbonyl (C=O) groups excluding carboxylic acids is 2. The Morgan fingerprint density at radius 1 is 0.724 bits per heavy atom. The van der Waals surface area contributed by atoms with Gasteiger partial charge in [-0.15, -0.1) is 0 Å². The van der Waals surface area contributed by atoms with Crippen LogP contribution in [-0.2, 0) is 0 Å². The molecule has 29 heavy (non-hydrogen) atoms. The lowest BCUT2D eigenvalue weighted by molar-refractivity contribution is 0.0651. The minimum atomic E-state index is -0.148. The van der Waals surface area contributed by atoms with E-state index in [0.29, 0.717) is 22.7 Å². The van der Waals surface area contributed by atoms with Crippen LogP contribution in [-0.4, -0.2) is 29.9 Å². The van der Waals surface area contributed by atoms with E-state index in [1.807, 2.05) is 24.3 Å². The topological polar surface area (TPSA) is 46.6 Å². The Morgan fingerprint density at radius 2 is 1.31 bits per heavy atom. The third-order valence-corrected chi connectivity index (χ3v) is 5.45. The number of ether oxygens (including phenoxy) is 1. The summed E-state index contributed by atoms with van der Waals surface area (Å²) in [5.41, 5.74) is 1.08. The number of fused-ring (bicyclic) bond motifs is 1. The first-order chi connectivity index (χ1) is 14.2. The molecule has 0 aromatic heterocycles. The zero-order valence-corrected chi connectivity index (χ0v) is 17.5. The van der Waals surface area contributed by atoms with Crippen LogP contribution in [0, 0.1) is 0 Å². The minimum Gasteiger partial charge on any atom is -0.494 e. The standard InChI is InChI=1S/C24H28ClNO3/c25-19-12-11-13-20(18-19)29-17-10-6-4-2-1-3-5-9-16-26-23(27)21-14-7-8-15-22(21)24(26)28/h7-8,11-15,18H,1-6,9-10,16-17H2. The van der Waals surface area contributed by atoms with Gasteiger partial charge < -0.3 is 4.74 Å². The van der Waals surface area contributed by atoms with Gasteiger partial charge in [-0.3, -0.25) is 14.5 Å². The molecule has 0 saturated heterocycles. The lowest BCUT2D eigenvalue weighted by Gasteiger charge is -2.13. The van der Waals surface area contributed by atoms with E-state index in [1.165, 1.54) is 24.2 Å². The van der Waals surface area contributed by atoms with E-state index in [1.54, 1.807) is 24.3 Å². The molecule has 2 aromatic carbocycles. The highest BCUT2D eigenvalue weighted by atomic mass is 35.5. The smallest absolute Gasteiger partial charge is 0.261 e. The molecule has 4 nitrogen and oxygen atoms in total. The van der Waals surface area contributed by atoms with Crippen molar-refractivity contribution in [1.29, 1.82) is 0 Å². The molecule has 3 rings (SSSR count). The van der Waals surface area contributed by atoms with E-state index in [2.05, 4.69) is 0 Å². The molecular weight excluding hydrogens is 386 g/mol. The van der Waals surface area contributed by atoms with Crippen LogP contribution in [0.2, 0.25) is 5.02 Å². The average molecular weight is 414 g/mol. The monoisotopic (exact) mass is 413 g/mol. The normalized spacial score (nSPS) is 13.1. The molecule has 0 spiro atoms. The molecule has 0 unspecified atom stereocenters. The van der Waals surface area contributed by atoms with E-state index in [0.717, 1.165) is 44.5 Å². The van der Waals surface area contributed by atoms with Crippen LogP contribution < -0.4 is 4.74 Å². The number of hydrogen-bond donors (Lipinski definition) is 0. The van der Waals surface area contributed by atoms with Gasteiger partial charge in [0, 0.05) is 11.6 Å². The molecule has 0 radical (unpaired) electrons. The van der Waals surface area contributed by atoms with Crippen LogP contribution in [0.4, 0.5) is 0 Å². The Kier molecular flexibility index (Phi) is 8.12. The molecule has 0 fully saturated rings. The van der Waals surface area contributed by atoms with Gasteiger partial charge in [0.2, 0.25) is 0 Å². The van der Waals surface area contributed by atoms with Gasteiger partial charge in [-0.05, 0) is 43.2 Å². The maximum absolute atomic E-state index is 12.3. The lowest BCUT2D eigenvalue weighted by atomic mass is 10.1. The summed E-state index contributed by atoms with van der Waals surface area (Å²) < 4.78 is 5.69. The molecule has 0 bridgehead atoms. The summed E-state index contributed by atoms with van der Waals surface area (Å²) in [6.07, 6.45) is 8.88. The Balaban J connectivity index is 1.18. The quantitative estimate of drug-likeness (QED) is 0.310. The molecule has 0 saturated carbocycles. The van der Waals surface area contributed by atoms with E-state index in [9.17, 15) is 9.59 Å². The number of rotatable bonds is 12. The van der Waals surface area contributed by atoms with Crippen LogP contribution in [0.1, 0.15) is 72.1 Å². The van der Waals surface area contributed by atoms with Gasteiger partial charge in [-0.25, -0.2) is 0 Å². The van der Waals surface area contributed by atoms with Crippen LogP contribution in [0.15, 0.2) is 48.5 Å². The molecular formula is C24H28ClNO3. The van der Waals surface area contributed by atoms with Crippen molar-refractivity contribution in [2.24, 2.45) is 0 Å². The van der Waals surface area contributed by atoms with Crippen molar-refractivity contribution < 1.29 is 14.3 Å². The lowest BCUT2D eigenvalue weighted by Crippen LogP contribution is -2.30. The summed E-state index contributed by atoms with van der Waals surface area (Å²) in [4.78, 5) is 26.0. The van der Waals surface area contributed by atoms with Gasteiger partial charge in [0.15, 0.2) is 0 Å². The molecule has 0 N–H and O–H groups in total. The molecule has 1 aliphatic heterocycles. The maximum Gasteiger partial charge on any atom is 0.261 e. The van der Waals surface area contributed by atoms with Crippen molar-refractivity contribution in [2.75, 3.05) is 13.2 Å². The Labute approximate surface area is 177 Å². The van der Waals surface area contributed by atoms with Gasteiger partial charge in [0.25, 0.3) is 11.8 Å². The number of unbranched alkanes of at least 4 members (excludes halogenated alkanes) is 7. The third-order valence-electron chi connectivity index (χ3n) is 5.22. The van der Waals surface area contributed by atoms with Gasteiger partial charge >= 0.3 is 0 Å². The molecule has 1 heterocycles. The van der Waals surface area contributed by atoms with Crippen LogP contribution >= 0.6 is 11.6 Å². The predicted octanol–water partition coefficient (Wildman–Crippen LogP) is 6.14. The summed E-state index contributed by atoms with van der Waals surface area (Å²) in [6.45, 7) is 1.24. The minimum absolute atomic E-state index is 0.148. The molecule has 1 aliphatic rings. The summed E-state index contributed by atoms with van der Waals surface area (Å²) in [5.74, 6) is 0.534. The van der Waals surface area contributed by atoms with Gasteiger partial charge in [0.05, 0.1) is 17.7 Å². The highest BCUT2D eigenvalue weighted by Crippen LogP contribution is 2.23. The van der Waals surface area contributed by atoms with Crippen molar-refractivity contribution in [3.8, 4) is 5.75 Å². The number of amides is 2. The zero-order valence-electron chi connectivity index (χ0n) is 16.7. The number of hydrogen-bond acceptors (Lipinski definition) is 3. The van der Waals surface area contributed by atoms with Crippen LogP contribution in [0.5, 0.6) is 5.75 Å². The number of halogens is 1. The van der Waals surface area contributed by atoms with Crippen LogP contribution in [0.3, 0.4) is 0 Å². The number of imide groups is 1. The summed E-state index contributed by atoms with van der Waals surface area (Å²) in [6, 6.07) is 14.6. The fourth-order valence-electron chi connectivity index (χ4n) is 3.62. The predicted molar refractivity (Wildman–Crippen MR) is 116 cm³/mol. The largest absolute Gasteiger partial charge is 0.494 e. The molecule has 2 amide bonds. The summed E-state index contributed by atoms with van der Waals surface area (Å²) in [5, 5.41) is 0.700. The van der Waals surface area contributed by atoms with Gasteiger partial charge in [0.1, 0.15) is 5.75 Å². The first-order valence-corrected chi connectivity index (χ1v) is 10.9. The van der Waals surface area contributed by atoms with Gasteiger partial charge in [-0.1, -0.05) is 68.3 Å². The zero-order chi connectivity index (χ0) is 20.5. The van der Waals surface area contributed by atoms with E-state index < -0.39 is 0 Å². The van der Waals surface area contributed by atoms with E-state index in [-0.39, 0.29) is 11.8 Å². The van der Waals surface area contributed by atoms with Crippen molar-refractivity contribution in [1.82, 2.24) is 4.90 Å². The number of nitrogens with zero attached hydrogens (tertiary/aromatic N) is 1. The van der Waals surface area contributed by atoms with Crippen molar-refractivity contribution in [3.63, 3.8) is 0 Å². The third kappa shape index (κ3) is 6.07. The Hall–Kier alpha value is -2.33. The van der Waals surface area contributed by atoms with Gasteiger partial charge in [-0.2, -0.15) is 0 Å². The molecule has 2 aromatic rings. The average Bonchev–Trinajstić information content (AvgIpc) is 2.97. The Morgan fingerprint density at radius 3 is 1.93 bits per heavy atom. The SMILES string of the molecule is O=C1c2ccccc2C(=O)N1CCCCCCCCCCOc1cccc(Cl)c1. The highest BCUT2D eigenvalue weighted by molar-refractivity contribution is 6.30. The molecule has 0 aliphatic carbocycles. The van der Waals surface area contributed by atoms with Crippen molar-refractivity contribution in [3.05, 3.63) is 64.7 Å². The molecule has 154 valence electrons. The maximum atomic E-state index is 12.3. The van der Waals surface area contributed by atoms with E-state index >= 15 is 0 Å². The van der Waals surface area contributed by atoms with Crippen molar-refractivity contribution in [2.45, 2.75) is 51.4 Å². The summed E-state index contributed by atoms with van der Waals surface area (Å²) >= 11 is 5.93. The molecule has 0 atom stereocenters. The fourth-order valence-corrected chi connectivity index (χ4v) is 3.80. The molecule has 5 heteroatoms. The number of benzene rings is 2. The first kappa shape index (κ1) is 21.4. The second-order valence-corrected chi connectivity index (χ2v) is 7.88. The van der Waals surface area contributed by atoms with E-state index in [4.69, 9.17) is 16.3 Å².